The van der Waals surface area contributed by atoms with Crippen molar-refractivity contribution in [3.63, 3.8) is 0 Å². The lowest BCUT2D eigenvalue weighted by Crippen LogP contribution is -2.65. The summed E-state index contributed by atoms with van der Waals surface area (Å²) in [7, 11) is 0. The molecule has 30 heavy (non-hydrogen) atoms. The van der Waals surface area contributed by atoms with Gasteiger partial charge in [-0.3, -0.25) is 0 Å². The Morgan fingerprint density at radius 1 is 1.03 bits per heavy atom. The van der Waals surface area contributed by atoms with Gasteiger partial charge in [-0.15, -0.1) is 11.8 Å². The molecule has 6 atom stereocenters. The van der Waals surface area contributed by atoms with Gasteiger partial charge < -0.3 is 35.4 Å². The summed E-state index contributed by atoms with van der Waals surface area (Å²) in [5, 5.41) is 62.0. The van der Waals surface area contributed by atoms with Crippen LogP contribution in [0.2, 0.25) is 0 Å². The predicted molar refractivity (Wildman–Crippen MR) is 112 cm³/mol. The number of hydrogen-bond acceptors (Lipinski definition) is 8. The molecule has 1 saturated heterocycles. The molecule has 1 aliphatic heterocycles. The van der Waals surface area contributed by atoms with E-state index < -0.39 is 36.3 Å². The van der Waals surface area contributed by atoms with Crippen LogP contribution in [-0.2, 0) is 23.6 Å². The van der Waals surface area contributed by atoms with E-state index in [0.29, 0.717) is 17.5 Å². The summed E-state index contributed by atoms with van der Waals surface area (Å²) in [6, 6.07) is 12.8. The topological polar surface area (TPSA) is 131 Å². The Bertz CT molecular complexity index is 857. The number of ether oxygens (including phenoxy) is 1. The maximum atomic E-state index is 11.3. The molecule has 0 aliphatic carbocycles. The van der Waals surface area contributed by atoms with Crippen LogP contribution < -0.4 is 0 Å². The third-order valence-electron chi connectivity index (χ3n) is 5.50. The highest BCUT2D eigenvalue weighted by Gasteiger charge is 2.55. The first-order chi connectivity index (χ1) is 14.2. The molecule has 164 valence electrons. The number of thioether (sulfide) groups is 1. The summed E-state index contributed by atoms with van der Waals surface area (Å²) in [5.41, 5.74) is 2.20. The summed E-state index contributed by atoms with van der Waals surface area (Å²) in [5.74, 6) is -2.39. The van der Waals surface area contributed by atoms with Crippen LogP contribution in [0.25, 0.3) is 0 Å². The summed E-state index contributed by atoms with van der Waals surface area (Å²) < 4.78 is 5.59. The Morgan fingerprint density at radius 3 is 2.23 bits per heavy atom. The van der Waals surface area contributed by atoms with Crippen molar-refractivity contribution in [2.75, 3.05) is 6.26 Å². The van der Waals surface area contributed by atoms with Gasteiger partial charge in [0, 0.05) is 10.5 Å². The van der Waals surface area contributed by atoms with Gasteiger partial charge in [0.1, 0.15) is 24.4 Å². The Labute approximate surface area is 179 Å². The molecule has 8 heteroatoms. The Hall–Kier alpha value is -1.49. The fourth-order valence-corrected chi connectivity index (χ4v) is 4.15. The van der Waals surface area contributed by atoms with E-state index in [0.717, 1.165) is 10.5 Å². The van der Waals surface area contributed by atoms with Gasteiger partial charge >= 0.3 is 0 Å². The molecular weight excluding hydrogens is 408 g/mol. The fourth-order valence-electron chi connectivity index (χ4n) is 3.74. The minimum Gasteiger partial charge on any atom is -0.392 e. The maximum Gasteiger partial charge on any atom is 0.222 e. The lowest BCUT2D eigenvalue weighted by Gasteiger charge is -2.47. The van der Waals surface area contributed by atoms with E-state index in [-0.39, 0.29) is 12.2 Å². The van der Waals surface area contributed by atoms with Gasteiger partial charge in [0.2, 0.25) is 5.79 Å². The average Bonchev–Trinajstić information content (AvgIpc) is 2.75. The van der Waals surface area contributed by atoms with Crippen molar-refractivity contribution in [2.45, 2.75) is 61.2 Å². The Kier molecular flexibility index (Phi) is 7.21. The van der Waals surface area contributed by atoms with Crippen molar-refractivity contribution in [2.24, 2.45) is 0 Å². The van der Waals surface area contributed by atoms with Crippen LogP contribution in [0.4, 0.5) is 0 Å². The quantitative estimate of drug-likeness (QED) is 0.361. The molecule has 0 unspecified atom stereocenters. The molecule has 0 bridgehead atoms. The van der Waals surface area contributed by atoms with E-state index in [9.17, 15) is 30.6 Å². The Balaban J connectivity index is 2.05. The minimum atomic E-state index is -2.39. The lowest BCUT2D eigenvalue weighted by molar-refractivity contribution is -0.364. The summed E-state index contributed by atoms with van der Waals surface area (Å²) in [6.45, 7) is 1.06. The lowest BCUT2D eigenvalue weighted by atomic mass is 9.83. The van der Waals surface area contributed by atoms with Gasteiger partial charge in [-0.25, -0.2) is 0 Å². The second kappa shape index (κ2) is 9.33. The second-order valence-electron chi connectivity index (χ2n) is 7.62. The smallest absolute Gasteiger partial charge is 0.222 e. The minimum absolute atomic E-state index is 0.159. The molecule has 1 heterocycles. The highest BCUT2D eigenvalue weighted by molar-refractivity contribution is 7.98. The summed E-state index contributed by atoms with van der Waals surface area (Å²) in [6.07, 6.45) is -5.34. The molecule has 3 rings (SSSR count). The predicted octanol–water partition coefficient (Wildman–Crippen LogP) is 0.499. The second-order valence-corrected chi connectivity index (χ2v) is 8.50. The molecule has 6 N–H and O–H groups in total. The third-order valence-corrected chi connectivity index (χ3v) is 6.24. The largest absolute Gasteiger partial charge is 0.392 e. The van der Waals surface area contributed by atoms with Crippen molar-refractivity contribution in [1.29, 1.82) is 0 Å². The number of aliphatic hydroxyl groups is 6. The number of rotatable bonds is 6. The van der Waals surface area contributed by atoms with Crippen molar-refractivity contribution >= 4 is 11.8 Å². The number of benzene rings is 2. The third kappa shape index (κ3) is 4.42. The van der Waals surface area contributed by atoms with Gasteiger partial charge in [-0.05, 0) is 54.5 Å². The van der Waals surface area contributed by atoms with Crippen LogP contribution in [0, 0.1) is 0 Å². The summed E-state index contributed by atoms with van der Waals surface area (Å²) >= 11 is 1.62. The highest BCUT2D eigenvalue weighted by Crippen LogP contribution is 2.39. The van der Waals surface area contributed by atoms with Crippen LogP contribution in [-0.4, -0.2) is 67.4 Å². The van der Waals surface area contributed by atoms with Gasteiger partial charge in [0.05, 0.1) is 12.7 Å². The Morgan fingerprint density at radius 2 is 1.67 bits per heavy atom. The molecule has 0 aromatic heterocycles. The average molecular weight is 437 g/mol. The van der Waals surface area contributed by atoms with Crippen LogP contribution in [0.15, 0.2) is 47.4 Å². The van der Waals surface area contributed by atoms with Crippen molar-refractivity contribution in [1.82, 2.24) is 0 Å². The molecule has 2 aromatic carbocycles. The van der Waals surface area contributed by atoms with Crippen LogP contribution in [0.3, 0.4) is 0 Å². The van der Waals surface area contributed by atoms with E-state index in [4.69, 9.17) is 4.74 Å². The number of aliphatic hydroxyl groups excluding tert-OH is 5. The van der Waals surface area contributed by atoms with Gasteiger partial charge in [-0.1, -0.05) is 24.3 Å². The molecule has 0 saturated carbocycles. The molecule has 1 aliphatic rings. The summed E-state index contributed by atoms with van der Waals surface area (Å²) in [4.78, 5) is 1.11. The molecule has 7 nitrogen and oxygen atoms in total. The molecular formula is C22H28O7S. The van der Waals surface area contributed by atoms with Crippen molar-refractivity contribution in [3.8, 4) is 0 Å². The number of hydrogen-bond donors (Lipinski definition) is 6. The molecule has 0 amide bonds. The van der Waals surface area contributed by atoms with Crippen molar-refractivity contribution in [3.05, 3.63) is 64.7 Å². The zero-order valence-corrected chi connectivity index (χ0v) is 17.7. The normalized spacial score (nSPS) is 30.3. The van der Waals surface area contributed by atoms with E-state index in [1.807, 2.05) is 30.5 Å². The van der Waals surface area contributed by atoms with E-state index >= 15 is 0 Å². The fraction of sp³-hybridized carbons (Fsp3) is 0.455. The monoisotopic (exact) mass is 436 g/mol. The SMILES string of the molecule is CSc1ccc(Cc2ccc(CO)cc2[C@@]2(O)O[C@H]([C@H](C)O)[C@@H](O)[C@H](O)[C@H]2O)cc1. The first-order valence-corrected chi connectivity index (χ1v) is 10.9. The molecule has 0 radical (unpaired) electrons. The zero-order chi connectivity index (χ0) is 22.1. The van der Waals surface area contributed by atoms with Gasteiger partial charge in [0.15, 0.2) is 0 Å². The van der Waals surface area contributed by atoms with Crippen LogP contribution in [0.1, 0.15) is 29.2 Å². The van der Waals surface area contributed by atoms with E-state index in [2.05, 4.69) is 0 Å². The molecule has 0 spiro atoms. The molecule has 2 aromatic rings. The zero-order valence-electron chi connectivity index (χ0n) is 16.8. The highest BCUT2D eigenvalue weighted by atomic mass is 32.2. The van der Waals surface area contributed by atoms with Crippen LogP contribution in [0.5, 0.6) is 0 Å². The van der Waals surface area contributed by atoms with Crippen LogP contribution >= 0.6 is 11.8 Å². The molecule has 1 fully saturated rings. The van der Waals surface area contributed by atoms with Gasteiger partial charge in [-0.2, -0.15) is 0 Å². The maximum absolute atomic E-state index is 11.3. The van der Waals surface area contributed by atoms with E-state index in [1.54, 1.807) is 23.9 Å². The van der Waals surface area contributed by atoms with Gasteiger partial charge in [0.25, 0.3) is 0 Å². The standard InChI is InChI=1S/C22H28O7S/c1-12(24)20-18(25)19(26)21(27)22(28,29-20)17-10-14(11-23)3-6-15(17)9-13-4-7-16(30-2)8-5-13/h3-8,10,12,18-21,23-28H,9,11H2,1-2H3/t12-,18-,19-,20+,21+,22+/m0/s1. The van der Waals surface area contributed by atoms with E-state index in [1.165, 1.54) is 13.0 Å². The first kappa shape index (κ1) is 23.2. The van der Waals surface area contributed by atoms with Crippen molar-refractivity contribution < 1.29 is 35.4 Å². The first-order valence-electron chi connectivity index (χ1n) is 9.69.